The minimum absolute atomic E-state index is 0.627. The lowest BCUT2D eigenvalue weighted by Gasteiger charge is -2.07. The van der Waals surface area contributed by atoms with Crippen molar-refractivity contribution in [3.05, 3.63) is 0 Å². The molecule has 206 valence electrons. The van der Waals surface area contributed by atoms with Crippen LogP contribution in [0.2, 0.25) is 0 Å². The summed E-state index contributed by atoms with van der Waals surface area (Å²) in [5.41, 5.74) is 8.23. The van der Waals surface area contributed by atoms with E-state index in [0.29, 0.717) is 6.61 Å². The number of nitrogens with one attached hydrogen (secondary N) is 4. The smallest absolute Gasteiger partial charge is 0.0699 e. The quantitative estimate of drug-likeness (QED) is 0.0497. The van der Waals surface area contributed by atoms with Crippen LogP contribution in [0.1, 0.15) is 167 Å². The van der Waals surface area contributed by atoms with Gasteiger partial charge < -0.3 is 0 Å². The van der Waals surface area contributed by atoms with Crippen LogP contribution in [0.4, 0.5) is 0 Å². The molecule has 0 saturated carbocycles. The molecule has 0 bridgehead atoms. The van der Waals surface area contributed by atoms with Crippen molar-refractivity contribution in [1.29, 1.82) is 0 Å². The molecule has 7 nitrogen and oxygen atoms in total. The third kappa shape index (κ3) is 31.7. The van der Waals surface area contributed by atoms with Crippen LogP contribution >= 0.6 is 0 Å². The molecule has 0 fully saturated rings. The second-order valence-corrected chi connectivity index (χ2v) is 9.85. The fourth-order valence-electron chi connectivity index (χ4n) is 4.46. The highest BCUT2D eigenvalue weighted by Gasteiger charge is 1.96. The first kappa shape index (κ1) is 33.7. The van der Waals surface area contributed by atoms with Gasteiger partial charge in [-0.2, -0.15) is 4.94 Å². The number of hydrogen-bond acceptors (Lipinski definition) is 7. The highest BCUT2D eigenvalue weighted by atomic mass is 16.9. The van der Waals surface area contributed by atoms with Crippen molar-refractivity contribution >= 4 is 0 Å². The average Bonchev–Trinajstić information content (AvgIpc) is 2.85. The van der Waals surface area contributed by atoms with Gasteiger partial charge in [-0.15, -0.1) is 11.2 Å². The van der Waals surface area contributed by atoms with E-state index < -0.39 is 0 Å². The Morgan fingerprint density at radius 3 is 1.06 bits per heavy atom. The maximum atomic E-state index is 8.18. The van der Waals surface area contributed by atoms with Crippen molar-refractivity contribution in [3.63, 3.8) is 0 Å². The lowest BCUT2D eigenvalue weighted by Crippen LogP contribution is -2.41. The van der Waals surface area contributed by atoms with Gasteiger partial charge in [0, 0.05) is 0 Å². The lowest BCUT2D eigenvalue weighted by atomic mass is 10.0. The summed E-state index contributed by atoms with van der Waals surface area (Å²) in [4.78, 5) is 9.54. The van der Waals surface area contributed by atoms with E-state index in [1.807, 2.05) is 5.59 Å². The van der Waals surface area contributed by atoms with E-state index in [2.05, 4.69) is 23.0 Å². The van der Waals surface area contributed by atoms with E-state index in [1.54, 1.807) is 5.59 Å². The maximum Gasteiger partial charge on any atom is 0.0699 e. The Bertz CT molecular complexity index is 320. The highest BCUT2D eigenvalue weighted by Crippen LogP contribution is 2.15. The second-order valence-electron chi connectivity index (χ2n) is 9.85. The summed E-state index contributed by atoms with van der Waals surface area (Å²) >= 11 is 0. The predicted molar refractivity (Wildman–Crippen MR) is 142 cm³/mol. The summed E-state index contributed by atoms with van der Waals surface area (Å²) in [6, 6.07) is 0. The van der Waals surface area contributed by atoms with Gasteiger partial charge in [0.05, 0.1) is 6.61 Å². The van der Waals surface area contributed by atoms with Crippen LogP contribution in [-0.4, -0.2) is 11.8 Å². The Hall–Kier alpha value is -0.280. The zero-order valence-electron chi connectivity index (χ0n) is 22.6. The number of rotatable bonds is 31. The molecule has 7 heteroatoms. The molecule has 0 heterocycles. The summed E-state index contributed by atoms with van der Waals surface area (Å²) in [6.07, 6.45) is 35.1. The van der Waals surface area contributed by atoms with Crippen molar-refractivity contribution in [1.82, 2.24) is 22.4 Å². The Morgan fingerprint density at radius 1 is 0.412 bits per heavy atom. The van der Waals surface area contributed by atoms with Gasteiger partial charge in [0.15, 0.2) is 0 Å². The fraction of sp³-hybridized carbons (Fsp3) is 1.00. The molecule has 0 aliphatic carbocycles. The molecule has 0 aliphatic heterocycles. The Labute approximate surface area is 211 Å². The molecular weight excluding hydrogens is 428 g/mol. The standard InChI is InChI=1S/C27H60N4O3/c1-2-3-4-5-6-7-8-9-10-11-12-13-14-15-16-17-18-19-20-21-22-23-24-25-26-27-33-30-31-34-29-28-32/h28-32H,2-27H2,1H3. The van der Waals surface area contributed by atoms with Gasteiger partial charge >= 0.3 is 0 Å². The second kappa shape index (κ2) is 32.7. The lowest BCUT2D eigenvalue weighted by molar-refractivity contribution is -0.184. The van der Waals surface area contributed by atoms with E-state index in [1.165, 1.54) is 154 Å². The van der Waals surface area contributed by atoms with Crippen molar-refractivity contribution < 1.29 is 15.0 Å². The molecule has 0 amide bonds. The Kier molecular flexibility index (Phi) is 32.5. The molecule has 0 aromatic heterocycles. The monoisotopic (exact) mass is 488 g/mol. The van der Waals surface area contributed by atoms with E-state index in [4.69, 9.17) is 10.0 Å². The van der Waals surface area contributed by atoms with E-state index in [-0.39, 0.29) is 0 Å². The fourth-order valence-corrected chi connectivity index (χ4v) is 4.46. The minimum atomic E-state index is 0.627. The minimum Gasteiger partial charge on any atom is -0.300 e. The average molecular weight is 489 g/mol. The van der Waals surface area contributed by atoms with E-state index >= 15 is 0 Å². The summed E-state index contributed by atoms with van der Waals surface area (Å²) < 4.78 is 0. The van der Waals surface area contributed by atoms with E-state index in [9.17, 15) is 0 Å². The van der Waals surface area contributed by atoms with Crippen LogP contribution in [0.3, 0.4) is 0 Å². The maximum absolute atomic E-state index is 8.18. The number of hydrazine groups is 2. The molecule has 0 unspecified atom stereocenters. The van der Waals surface area contributed by atoms with Gasteiger partial charge in [-0.05, 0) is 6.42 Å². The van der Waals surface area contributed by atoms with Crippen LogP contribution < -0.4 is 22.4 Å². The highest BCUT2D eigenvalue weighted by molar-refractivity contribution is 4.51. The van der Waals surface area contributed by atoms with Gasteiger partial charge in [-0.3, -0.25) is 10.0 Å². The molecule has 0 spiro atoms. The summed E-state index contributed by atoms with van der Waals surface area (Å²) in [5, 5.41) is 8.18. The summed E-state index contributed by atoms with van der Waals surface area (Å²) in [5.74, 6) is 0. The van der Waals surface area contributed by atoms with Crippen LogP contribution in [0, 0.1) is 0 Å². The Balaban J connectivity index is 2.99. The number of hydrogen-bond donors (Lipinski definition) is 5. The van der Waals surface area contributed by atoms with Crippen LogP contribution in [0.5, 0.6) is 0 Å². The third-order valence-electron chi connectivity index (χ3n) is 6.61. The molecule has 0 aliphatic rings. The van der Waals surface area contributed by atoms with Gasteiger partial charge in [0.2, 0.25) is 0 Å². The molecule has 0 aromatic rings. The Morgan fingerprint density at radius 2 is 0.735 bits per heavy atom. The number of unbranched alkanes of at least 4 members (excludes halogenated alkanes) is 24. The first-order valence-electron chi connectivity index (χ1n) is 14.8. The summed E-state index contributed by atoms with van der Waals surface area (Å²) in [7, 11) is 0. The van der Waals surface area contributed by atoms with Crippen LogP contribution in [0.15, 0.2) is 0 Å². The zero-order valence-corrected chi connectivity index (χ0v) is 22.6. The molecule has 0 rings (SSSR count). The van der Waals surface area contributed by atoms with E-state index in [0.717, 1.165) is 6.42 Å². The topological polar surface area (TPSA) is 86.8 Å². The molecule has 0 radical (unpaired) electrons. The first-order valence-corrected chi connectivity index (χ1v) is 14.8. The zero-order chi connectivity index (χ0) is 24.6. The largest absolute Gasteiger partial charge is 0.300 e. The SMILES string of the molecule is CCCCCCCCCCCCCCCCCCCCCCCCCCCONNONNO. The van der Waals surface area contributed by atoms with Crippen molar-refractivity contribution in [3.8, 4) is 0 Å². The van der Waals surface area contributed by atoms with Crippen LogP contribution in [-0.2, 0) is 9.78 Å². The van der Waals surface area contributed by atoms with Crippen molar-refractivity contribution in [2.24, 2.45) is 0 Å². The van der Waals surface area contributed by atoms with Crippen molar-refractivity contribution in [2.45, 2.75) is 167 Å². The first-order chi connectivity index (χ1) is 16.9. The summed E-state index contributed by atoms with van der Waals surface area (Å²) in [6.45, 7) is 2.92. The van der Waals surface area contributed by atoms with Crippen molar-refractivity contribution in [2.75, 3.05) is 6.61 Å². The molecule has 34 heavy (non-hydrogen) atoms. The molecule has 0 saturated heterocycles. The van der Waals surface area contributed by atoms with Gasteiger partial charge in [-0.25, -0.2) is 0 Å². The third-order valence-corrected chi connectivity index (χ3v) is 6.61. The molecular formula is C27H60N4O3. The molecule has 5 N–H and O–H groups in total. The van der Waals surface area contributed by atoms with Gasteiger partial charge in [0.1, 0.15) is 0 Å². The molecule has 0 atom stereocenters. The van der Waals surface area contributed by atoms with Gasteiger partial charge in [-0.1, -0.05) is 172 Å². The molecule has 0 aromatic carbocycles. The van der Waals surface area contributed by atoms with Crippen LogP contribution in [0.25, 0.3) is 0 Å². The normalized spacial score (nSPS) is 11.5. The predicted octanol–water partition coefficient (Wildman–Crippen LogP) is 8.11. The van der Waals surface area contributed by atoms with Gasteiger partial charge in [0.25, 0.3) is 0 Å².